The van der Waals surface area contributed by atoms with Crippen LogP contribution in [0.25, 0.3) is 0 Å². The van der Waals surface area contributed by atoms with Gasteiger partial charge >= 0.3 is 0 Å². The Bertz CT molecular complexity index is 704. The molecule has 0 unspecified atom stereocenters. The van der Waals surface area contributed by atoms with Gasteiger partial charge in [-0.2, -0.15) is 10.2 Å². The Kier molecular flexibility index (Phi) is 3.68. The summed E-state index contributed by atoms with van der Waals surface area (Å²) in [6.07, 6.45) is 2.81. The van der Waals surface area contributed by atoms with E-state index in [1.165, 1.54) is 17.1 Å². The number of sulfonamides is 1. The first-order valence-electron chi connectivity index (χ1n) is 5.59. The Labute approximate surface area is 119 Å². The van der Waals surface area contributed by atoms with E-state index >= 15 is 0 Å². The SMILES string of the molecule is CCn1cc(S(=O)(=O)Nc2c(Br)c(C)nn2C)cn1. The fourth-order valence-electron chi connectivity index (χ4n) is 1.59. The Morgan fingerprint density at radius 2 is 2.16 bits per heavy atom. The van der Waals surface area contributed by atoms with Crippen molar-refractivity contribution in [2.75, 3.05) is 4.72 Å². The zero-order chi connectivity index (χ0) is 14.2. The zero-order valence-electron chi connectivity index (χ0n) is 10.8. The molecule has 0 atom stereocenters. The van der Waals surface area contributed by atoms with Crippen molar-refractivity contribution >= 4 is 31.8 Å². The number of nitrogens with zero attached hydrogens (tertiary/aromatic N) is 4. The third-order valence-electron chi connectivity index (χ3n) is 2.62. The first kappa shape index (κ1) is 14.1. The fourth-order valence-corrected chi connectivity index (χ4v) is 3.20. The second-order valence-electron chi connectivity index (χ2n) is 4.01. The standard InChI is InChI=1S/C10H14BrN5O2S/c1-4-16-6-8(5-12-16)19(17,18)14-10-9(11)7(2)13-15(10)3/h5-6,14H,4H2,1-3H3. The van der Waals surface area contributed by atoms with Gasteiger partial charge in [0, 0.05) is 19.8 Å². The van der Waals surface area contributed by atoms with Gasteiger partial charge in [-0.3, -0.25) is 14.1 Å². The molecule has 0 aliphatic heterocycles. The summed E-state index contributed by atoms with van der Waals surface area (Å²) in [4.78, 5) is 0.125. The summed E-state index contributed by atoms with van der Waals surface area (Å²) >= 11 is 3.31. The van der Waals surface area contributed by atoms with Crippen LogP contribution in [0.3, 0.4) is 0 Å². The highest BCUT2D eigenvalue weighted by Gasteiger charge is 2.21. The fraction of sp³-hybridized carbons (Fsp3) is 0.400. The molecular weight excluding hydrogens is 334 g/mol. The molecule has 2 aromatic heterocycles. The van der Waals surface area contributed by atoms with Crippen molar-refractivity contribution in [2.24, 2.45) is 7.05 Å². The van der Waals surface area contributed by atoms with Crippen molar-refractivity contribution in [1.29, 1.82) is 0 Å². The second-order valence-corrected chi connectivity index (χ2v) is 6.48. The third-order valence-corrected chi connectivity index (χ3v) is 4.87. The van der Waals surface area contributed by atoms with Crippen molar-refractivity contribution in [1.82, 2.24) is 19.6 Å². The Morgan fingerprint density at radius 3 is 2.63 bits per heavy atom. The van der Waals surface area contributed by atoms with Crippen LogP contribution in [0.15, 0.2) is 21.8 Å². The van der Waals surface area contributed by atoms with E-state index in [-0.39, 0.29) is 4.90 Å². The van der Waals surface area contributed by atoms with Crippen LogP contribution in [0.4, 0.5) is 5.82 Å². The maximum atomic E-state index is 12.2. The van der Waals surface area contributed by atoms with E-state index in [1.807, 2.05) is 6.92 Å². The largest absolute Gasteiger partial charge is 0.272 e. The summed E-state index contributed by atoms with van der Waals surface area (Å²) in [5.41, 5.74) is 0.712. The van der Waals surface area contributed by atoms with Gasteiger partial charge in [0.25, 0.3) is 10.0 Å². The van der Waals surface area contributed by atoms with E-state index in [0.29, 0.717) is 22.5 Å². The molecule has 1 N–H and O–H groups in total. The molecule has 0 aromatic carbocycles. The van der Waals surface area contributed by atoms with Crippen molar-refractivity contribution in [3.8, 4) is 0 Å². The van der Waals surface area contributed by atoms with Gasteiger partial charge in [-0.25, -0.2) is 8.42 Å². The van der Waals surface area contributed by atoms with Gasteiger partial charge in [-0.05, 0) is 29.8 Å². The molecule has 0 saturated carbocycles. The lowest BCUT2D eigenvalue weighted by Gasteiger charge is -2.06. The lowest BCUT2D eigenvalue weighted by molar-refractivity contribution is 0.599. The topological polar surface area (TPSA) is 81.8 Å². The van der Waals surface area contributed by atoms with Crippen molar-refractivity contribution in [3.05, 3.63) is 22.6 Å². The Balaban J connectivity index is 2.36. The molecule has 0 fully saturated rings. The summed E-state index contributed by atoms with van der Waals surface area (Å²) in [5.74, 6) is 0.391. The predicted molar refractivity (Wildman–Crippen MR) is 74.4 cm³/mol. The predicted octanol–water partition coefficient (Wildman–Crippen LogP) is 1.51. The Morgan fingerprint density at radius 1 is 1.47 bits per heavy atom. The minimum absolute atomic E-state index is 0.125. The molecule has 0 saturated heterocycles. The maximum absolute atomic E-state index is 12.2. The van der Waals surface area contributed by atoms with Crippen LogP contribution < -0.4 is 4.72 Å². The van der Waals surface area contributed by atoms with Crippen LogP contribution in [0, 0.1) is 6.92 Å². The molecule has 19 heavy (non-hydrogen) atoms. The maximum Gasteiger partial charge on any atom is 0.266 e. The summed E-state index contributed by atoms with van der Waals surface area (Å²) in [5, 5.41) is 8.09. The first-order chi connectivity index (χ1) is 8.85. The molecule has 0 aliphatic carbocycles. The van der Waals surface area contributed by atoms with E-state index in [4.69, 9.17) is 0 Å². The number of anilines is 1. The molecule has 7 nitrogen and oxygen atoms in total. The van der Waals surface area contributed by atoms with Crippen molar-refractivity contribution in [2.45, 2.75) is 25.3 Å². The summed E-state index contributed by atoms with van der Waals surface area (Å²) < 4.78 is 30.6. The van der Waals surface area contributed by atoms with E-state index < -0.39 is 10.0 Å². The quantitative estimate of drug-likeness (QED) is 0.908. The highest BCUT2D eigenvalue weighted by Crippen LogP contribution is 2.27. The lowest BCUT2D eigenvalue weighted by atomic mass is 10.5. The number of nitrogens with one attached hydrogen (secondary N) is 1. The Hall–Kier alpha value is -1.35. The van der Waals surface area contributed by atoms with Gasteiger partial charge in [-0.1, -0.05) is 0 Å². The molecule has 2 aromatic rings. The molecular formula is C10H14BrN5O2S. The van der Waals surface area contributed by atoms with E-state index in [1.54, 1.807) is 18.7 Å². The van der Waals surface area contributed by atoms with Gasteiger partial charge in [0.15, 0.2) is 5.82 Å². The molecule has 104 valence electrons. The normalized spacial score (nSPS) is 11.8. The van der Waals surface area contributed by atoms with Gasteiger partial charge in [0.05, 0.1) is 16.4 Å². The molecule has 2 heterocycles. The highest BCUT2D eigenvalue weighted by molar-refractivity contribution is 9.10. The van der Waals surface area contributed by atoms with Crippen LogP contribution in [-0.4, -0.2) is 28.0 Å². The molecule has 2 rings (SSSR count). The average Bonchev–Trinajstić information content (AvgIpc) is 2.91. The summed E-state index contributed by atoms with van der Waals surface area (Å²) in [7, 11) is -1.99. The van der Waals surface area contributed by atoms with Crippen LogP contribution in [0.1, 0.15) is 12.6 Å². The van der Waals surface area contributed by atoms with Crippen LogP contribution >= 0.6 is 15.9 Å². The van der Waals surface area contributed by atoms with Gasteiger partial charge < -0.3 is 0 Å². The van der Waals surface area contributed by atoms with E-state index in [2.05, 4.69) is 30.8 Å². The minimum Gasteiger partial charge on any atom is -0.272 e. The van der Waals surface area contributed by atoms with Crippen LogP contribution in [-0.2, 0) is 23.6 Å². The number of aryl methyl sites for hydroxylation is 3. The number of halogens is 1. The third kappa shape index (κ3) is 2.66. The molecule has 9 heteroatoms. The van der Waals surface area contributed by atoms with Crippen LogP contribution in [0.5, 0.6) is 0 Å². The zero-order valence-corrected chi connectivity index (χ0v) is 13.2. The smallest absolute Gasteiger partial charge is 0.266 e. The molecule has 0 bridgehead atoms. The van der Waals surface area contributed by atoms with E-state index in [0.717, 1.165) is 0 Å². The first-order valence-corrected chi connectivity index (χ1v) is 7.87. The minimum atomic E-state index is -3.66. The molecule has 0 radical (unpaired) electrons. The second kappa shape index (κ2) is 4.97. The number of rotatable bonds is 4. The molecule has 0 aliphatic rings. The number of hydrogen-bond donors (Lipinski definition) is 1. The van der Waals surface area contributed by atoms with Crippen LogP contribution in [0.2, 0.25) is 0 Å². The number of hydrogen-bond acceptors (Lipinski definition) is 4. The molecule has 0 amide bonds. The summed E-state index contributed by atoms with van der Waals surface area (Å²) in [6.45, 7) is 4.29. The average molecular weight is 348 g/mol. The summed E-state index contributed by atoms with van der Waals surface area (Å²) in [6, 6.07) is 0. The van der Waals surface area contributed by atoms with Gasteiger partial charge in [0.2, 0.25) is 0 Å². The lowest BCUT2D eigenvalue weighted by Crippen LogP contribution is -2.15. The van der Waals surface area contributed by atoms with Gasteiger partial charge in [0.1, 0.15) is 4.90 Å². The van der Waals surface area contributed by atoms with E-state index in [9.17, 15) is 8.42 Å². The number of aromatic nitrogens is 4. The molecule has 0 spiro atoms. The van der Waals surface area contributed by atoms with Gasteiger partial charge in [-0.15, -0.1) is 0 Å². The monoisotopic (exact) mass is 347 g/mol. The van der Waals surface area contributed by atoms with Crippen molar-refractivity contribution in [3.63, 3.8) is 0 Å². The highest BCUT2D eigenvalue weighted by atomic mass is 79.9. The van der Waals surface area contributed by atoms with Crippen molar-refractivity contribution < 1.29 is 8.42 Å².